The number of sulfonamides is 1. The van der Waals surface area contributed by atoms with Gasteiger partial charge in [-0.15, -0.1) is 0 Å². The van der Waals surface area contributed by atoms with Crippen LogP contribution in [0.15, 0.2) is 77.7 Å². The van der Waals surface area contributed by atoms with Gasteiger partial charge in [-0.1, -0.05) is 59.6 Å². The third-order valence-electron chi connectivity index (χ3n) is 4.95. The molecule has 2 atom stereocenters. The van der Waals surface area contributed by atoms with Crippen LogP contribution in [0.5, 0.6) is 0 Å². The average molecular weight is 479 g/mol. The number of ether oxygens (including phenoxy) is 1. The zero-order valence-electron chi connectivity index (χ0n) is 15.9. The summed E-state index contributed by atoms with van der Waals surface area (Å²) < 4.78 is 34.3. The molecule has 1 aliphatic rings. The Morgan fingerprint density at radius 3 is 2.29 bits per heavy atom. The van der Waals surface area contributed by atoms with Gasteiger partial charge in [0, 0.05) is 34.3 Å². The van der Waals surface area contributed by atoms with Crippen molar-refractivity contribution in [2.24, 2.45) is 0 Å². The van der Waals surface area contributed by atoms with E-state index in [0.717, 1.165) is 17.7 Å². The lowest BCUT2D eigenvalue weighted by Gasteiger charge is -2.23. The zero-order valence-corrected chi connectivity index (χ0v) is 18.2. The Bertz CT molecular complexity index is 1220. The second kappa shape index (κ2) is 8.57. The number of nitro groups is 1. The van der Waals surface area contributed by atoms with Gasteiger partial charge in [0.2, 0.25) is 10.0 Å². The lowest BCUT2D eigenvalue weighted by atomic mass is 10.1. The number of non-ortho nitro benzene ring substituents is 1. The molecule has 0 spiro atoms. The first-order valence-corrected chi connectivity index (χ1v) is 11.4. The molecule has 0 saturated carbocycles. The van der Waals surface area contributed by atoms with Crippen LogP contribution in [-0.4, -0.2) is 24.2 Å². The van der Waals surface area contributed by atoms with Crippen LogP contribution in [0.3, 0.4) is 0 Å². The van der Waals surface area contributed by atoms with E-state index in [4.69, 9.17) is 27.9 Å². The molecule has 0 amide bonds. The van der Waals surface area contributed by atoms with E-state index in [1.165, 1.54) is 22.5 Å². The van der Waals surface area contributed by atoms with Gasteiger partial charge in [0.1, 0.15) is 0 Å². The maximum absolute atomic E-state index is 13.5. The molecular weight excluding hydrogens is 463 g/mol. The number of halogens is 2. The van der Waals surface area contributed by atoms with E-state index in [9.17, 15) is 18.5 Å². The molecule has 1 fully saturated rings. The summed E-state index contributed by atoms with van der Waals surface area (Å²) in [6, 6.07) is 18.7. The van der Waals surface area contributed by atoms with Crippen LogP contribution < -0.4 is 0 Å². The van der Waals surface area contributed by atoms with Gasteiger partial charge < -0.3 is 4.74 Å². The van der Waals surface area contributed by atoms with Crippen molar-refractivity contribution in [3.05, 3.63) is 104 Å². The predicted molar refractivity (Wildman–Crippen MR) is 116 cm³/mol. The summed E-state index contributed by atoms with van der Waals surface area (Å²) in [5.74, 6) is 0. The molecule has 4 rings (SSSR count). The van der Waals surface area contributed by atoms with Gasteiger partial charge in [0.05, 0.1) is 15.9 Å². The van der Waals surface area contributed by atoms with Gasteiger partial charge in [0.15, 0.2) is 6.23 Å². The molecule has 0 unspecified atom stereocenters. The first kappa shape index (κ1) is 21.7. The van der Waals surface area contributed by atoms with Crippen molar-refractivity contribution in [2.45, 2.75) is 17.2 Å². The minimum Gasteiger partial charge on any atom is -0.348 e. The number of nitro benzene ring substituents is 1. The molecule has 1 saturated heterocycles. The van der Waals surface area contributed by atoms with Gasteiger partial charge >= 0.3 is 0 Å². The van der Waals surface area contributed by atoms with E-state index in [0.29, 0.717) is 10.6 Å². The predicted octanol–water partition coefficient (Wildman–Crippen LogP) is 5.36. The standard InChI is InChI=1S/C21H16Cl2N2O5S/c22-15-6-11-18(19(23)12-15)21-24(13-20(30-21)14-4-2-1-3-5-14)31(28,29)17-9-7-16(8-10-17)25(26)27/h1-12,20-21H,13H2/t20-,21-/m1/s1. The van der Waals surface area contributed by atoms with Gasteiger partial charge in [-0.05, 0) is 29.8 Å². The summed E-state index contributed by atoms with van der Waals surface area (Å²) in [6.45, 7) is 0.0486. The number of rotatable bonds is 5. The molecule has 0 bridgehead atoms. The molecule has 1 aliphatic heterocycles. The molecular formula is C21H16Cl2N2O5S. The number of nitrogens with zero attached hydrogens (tertiary/aromatic N) is 2. The van der Waals surface area contributed by atoms with E-state index in [1.54, 1.807) is 12.1 Å². The van der Waals surface area contributed by atoms with Crippen molar-refractivity contribution in [1.82, 2.24) is 4.31 Å². The summed E-state index contributed by atoms with van der Waals surface area (Å²) in [5.41, 5.74) is 1.07. The Morgan fingerprint density at radius 2 is 1.68 bits per heavy atom. The normalized spacial score (nSPS) is 19.4. The number of benzene rings is 3. The fraction of sp³-hybridized carbons (Fsp3) is 0.143. The largest absolute Gasteiger partial charge is 0.348 e. The van der Waals surface area contributed by atoms with Crippen LogP contribution in [-0.2, 0) is 14.8 Å². The van der Waals surface area contributed by atoms with E-state index in [1.807, 2.05) is 30.3 Å². The first-order chi connectivity index (χ1) is 14.8. The fourth-order valence-electron chi connectivity index (χ4n) is 3.41. The monoisotopic (exact) mass is 478 g/mol. The molecule has 1 heterocycles. The molecule has 31 heavy (non-hydrogen) atoms. The average Bonchev–Trinajstić information content (AvgIpc) is 3.20. The van der Waals surface area contributed by atoms with Crippen LogP contribution >= 0.6 is 23.2 Å². The van der Waals surface area contributed by atoms with Crippen LogP contribution in [0.25, 0.3) is 0 Å². The number of hydrogen-bond donors (Lipinski definition) is 0. The van der Waals surface area contributed by atoms with Crippen LogP contribution in [0.1, 0.15) is 23.5 Å². The molecule has 0 N–H and O–H groups in total. The molecule has 7 nitrogen and oxygen atoms in total. The van der Waals surface area contributed by atoms with Crippen LogP contribution in [0.2, 0.25) is 10.0 Å². The lowest BCUT2D eigenvalue weighted by Crippen LogP contribution is -2.31. The Hall–Kier alpha value is -2.49. The maximum atomic E-state index is 13.5. The summed E-state index contributed by atoms with van der Waals surface area (Å²) >= 11 is 12.4. The first-order valence-electron chi connectivity index (χ1n) is 9.19. The van der Waals surface area contributed by atoms with Crippen molar-refractivity contribution in [3.8, 4) is 0 Å². The SMILES string of the molecule is O=[N+]([O-])c1ccc(S(=O)(=O)N2C[C@H](c3ccccc3)O[C@@H]2c2ccc(Cl)cc2Cl)cc1. The van der Waals surface area contributed by atoms with Crippen molar-refractivity contribution in [1.29, 1.82) is 0 Å². The summed E-state index contributed by atoms with van der Waals surface area (Å²) in [5, 5.41) is 11.6. The third kappa shape index (κ3) is 4.30. The Kier molecular flexibility index (Phi) is 6.00. The Morgan fingerprint density at radius 1 is 1.00 bits per heavy atom. The molecule has 3 aromatic carbocycles. The third-order valence-corrected chi connectivity index (χ3v) is 7.34. The van der Waals surface area contributed by atoms with Crippen molar-refractivity contribution < 1.29 is 18.1 Å². The van der Waals surface area contributed by atoms with Gasteiger partial charge in [-0.25, -0.2) is 8.42 Å². The summed E-state index contributed by atoms with van der Waals surface area (Å²) in [6.07, 6.45) is -1.51. The minimum atomic E-state index is -4.05. The van der Waals surface area contributed by atoms with E-state index < -0.39 is 27.3 Å². The molecule has 160 valence electrons. The molecule has 0 aliphatic carbocycles. The fourth-order valence-corrected chi connectivity index (χ4v) is 5.41. The highest BCUT2D eigenvalue weighted by Gasteiger charge is 2.43. The molecule has 10 heteroatoms. The quantitative estimate of drug-likeness (QED) is 0.363. The zero-order chi connectivity index (χ0) is 22.2. The van der Waals surface area contributed by atoms with E-state index >= 15 is 0 Å². The summed E-state index contributed by atoms with van der Waals surface area (Å²) in [7, 11) is -4.05. The molecule has 3 aromatic rings. The van der Waals surface area contributed by atoms with Gasteiger partial charge in [-0.2, -0.15) is 4.31 Å². The molecule has 0 radical (unpaired) electrons. The van der Waals surface area contributed by atoms with Gasteiger partial charge in [0.25, 0.3) is 5.69 Å². The highest BCUT2D eigenvalue weighted by Crippen LogP contribution is 2.43. The Labute approximate surface area is 189 Å². The van der Waals surface area contributed by atoms with Crippen LogP contribution in [0, 0.1) is 10.1 Å². The second-order valence-electron chi connectivity index (χ2n) is 6.88. The second-order valence-corrected chi connectivity index (χ2v) is 9.61. The topological polar surface area (TPSA) is 89.8 Å². The van der Waals surface area contributed by atoms with Crippen LogP contribution in [0.4, 0.5) is 5.69 Å². The number of hydrogen-bond acceptors (Lipinski definition) is 5. The lowest BCUT2D eigenvalue weighted by molar-refractivity contribution is -0.384. The van der Waals surface area contributed by atoms with Crippen molar-refractivity contribution in [2.75, 3.05) is 6.54 Å². The van der Waals surface area contributed by atoms with E-state index in [-0.39, 0.29) is 22.2 Å². The smallest absolute Gasteiger partial charge is 0.269 e. The summed E-state index contributed by atoms with van der Waals surface area (Å²) in [4.78, 5) is 10.3. The minimum absolute atomic E-state index is 0.0486. The maximum Gasteiger partial charge on any atom is 0.269 e. The highest BCUT2D eigenvalue weighted by molar-refractivity contribution is 7.89. The molecule has 0 aromatic heterocycles. The van der Waals surface area contributed by atoms with Crippen molar-refractivity contribution >= 4 is 38.9 Å². The van der Waals surface area contributed by atoms with E-state index in [2.05, 4.69) is 0 Å². The van der Waals surface area contributed by atoms with Crippen molar-refractivity contribution in [3.63, 3.8) is 0 Å². The highest BCUT2D eigenvalue weighted by atomic mass is 35.5. The van der Waals surface area contributed by atoms with Gasteiger partial charge in [-0.3, -0.25) is 10.1 Å². The Balaban J connectivity index is 1.76.